The Morgan fingerprint density at radius 3 is 2.70 bits per heavy atom. The minimum absolute atomic E-state index is 0.101. The molecule has 1 aliphatic rings. The molecule has 6 nitrogen and oxygen atoms in total. The molecule has 1 fully saturated rings. The SMILES string of the molecule is Cc1cc(N(C)C2CCOCC2)c(/C(N)=N/O)c(C)n1. The fourth-order valence-electron chi connectivity index (χ4n) is 2.72. The molecule has 0 unspecified atom stereocenters. The Hall–Kier alpha value is -1.82. The first-order valence-corrected chi connectivity index (χ1v) is 6.81. The molecule has 0 saturated carbocycles. The van der Waals surface area contributed by atoms with Crippen molar-refractivity contribution in [3.8, 4) is 0 Å². The van der Waals surface area contributed by atoms with Crippen LogP contribution in [0.5, 0.6) is 0 Å². The van der Waals surface area contributed by atoms with Gasteiger partial charge in [-0.1, -0.05) is 5.16 Å². The van der Waals surface area contributed by atoms with Crippen LogP contribution >= 0.6 is 0 Å². The van der Waals surface area contributed by atoms with Crippen molar-refractivity contribution in [2.45, 2.75) is 32.7 Å². The number of hydrogen-bond acceptors (Lipinski definition) is 5. The van der Waals surface area contributed by atoms with E-state index in [1.165, 1.54) is 0 Å². The molecule has 1 aromatic rings. The van der Waals surface area contributed by atoms with Gasteiger partial charge in [-0.05, 0) is 32.8 Å². The smallest absolute Gasteiger partial charge is 0.174 e. The molecule has 1 aromatic heterocycles. The number of nitrogens with two attached hydrogens (primary N) is 1. The molecule has 0 spiro atoms. The first-order chi connectivity index (χ1) is 9.54. The van der Waals surface area contributed by atoms with Gasteiger partial charge in [0.2, 0.25) is 0 Å². The van der Waals surface area contributed by atoms with Crippen LogP contribution in [-0.4, -0.2) is 42.3 Å². The van der Waals surface area contributed by atoms with Crippen molar-refractivity contribution in [2.24, 2.45) is 10.9 Å². The van der Waals surface area contributed by atoms with E-state index in [0.29, 0.717) is 11.6 Å². The Morgan fingerprint density at radius 1 is 1.45 bits per heavy atom. The molecule has 6 heteroatoms. The average Bonchev–Trinajstić information content (AvgIpc) is 2.46. The van der Waals surface area contributed by atoms with Crippen molar-refractivity contribution >= 4 is 11.5 Å². The van der Waals surface area contributed by atoms with E-state index in [-0.39, 0.29) is 5.84 Å². The predicted molar refractivity (Wildman–Crippen MR) is 78.5 cm³/mol. The zero-order valence-electron chi connectivity index (χ0n) is 12.3. The molecule has 2 heterocycles. The molecule has 0 bridgehead atoms. The quantitative estimate of drug-likeness (QED) is 0.378. The van der Waals surface area contributed by atoms with E-state index in [4.69, 9.17) is 15.7 Å². The highest BCUT2D eigenvalue weighted by molar-refractivity contribution is 6.03. The summed E-state index contributed by atoms with van der Waals surface area (Å²) in [4.78, 5) is 6.60. The van der Waals surface area contributed by atoms with E-state index in [2.05, 4.69) is 15.0 Å². The van der Waals surface area contributed by atoms with Crippen LogP contribution in [0.3, 0.4) is 0 Å². The molecule has 110 valence electrons. The van der Waals surface area contributed by atoms with Crippen molar-refractivity contribution < 1.29 is 9.94 Å². The number of aryl methyl sites for hydroxylation is 2. The van der Waals surface area contributed by atoms with Gasteiger partial charge in [0, 0.05) is 32.0 Å². The topological polar surface area (TPSA) is 84.0 Å². The zero-order chi connectivity index (χ0) is 14.7. The van der Waals surface area contributed by atoms with Crippen LogP contribution < -0.4 is 10.6 Å². The van der Waals surface area contributed by atoms with Crippen LogP contribution in [0, 0.1) is 13.8 Å². The molecule has 0 aliphatic carbocycles. The Labute approximate surface area is 119 Å². The molecule has 20 heavy (non-hydrogen) atoms. The van der Waals surface area contributed by atoms with E-state index in [1.807, 2.05) is 27.0 Å². The van der Waals surface area contributed by atoms with Gasteiger partial charge in [-0.15, -0.1) is 0 Å². The summed E-state index contributed by atoms with van der Waals surface area (Å²) in [5.41, 5.74) is 9.17. The molecular formula is C14H22N4O2. The van der Waals surface area contributed by atoms with Crippen LogP contribution in [0.4, 0.5) is 5.69 Å². The standard InChI is InChI=1S/C14H22N4O2/c1-9-8-12(13(10(2)16-9)14(15)17-19)18(3)11-4-6-20-7-5-11/h8,11,19H,4-7H2,1-3H3,(H2,15,17). The normalized spacial score (nSPS) is 17.2. The number of hydrogen-bond donors (Lipinski definition) is 2. The highest BCUT2D eigenvalue weighted by atomic mass is 16.5. The molecule has 1 aliphatic heterocycles. The summed E-state index contributed by atoms with van der Waals surface area (Å²) in [5, 5.41) is 12.1. The Balaban J connectivity index is 2.43. The van der Waals surface area contributed by atoms with Crippen molar-refractivity contribution in [1.82, 2.24) is 4.98 Å². The number of aromatic nitrogens is 1. The van der Waals surface area contributed by atoms with Crippen LogP contribution in [0.25, 0.3) is 0 Å². The van der Waals surface area contributed by atoms with Gasteiger partial charge in [-0.25, -0.2) is 0 Å². The molecule has 2 rings (SSSR count). The molecule has 0 radical (unpaired) electrons. The van der Waals surface area contributed by atoms with E-state index in [1.54, 1.807) is 0 Å². The number of nitrogens with zero attached hydrogens (tertiary/aromatic N) is 3. The van der Waals surface area contributed by atoms with Gasteiger partial charge in [0.25, 0.3) is 0 Å². The van der Waals surface area contributed by atoms with Gasteiger partial charge in [0.05, 0.1) is 16.9 Å². The molecule has 0 amide bonds. The summed E-state index contributed by atoms with van der Waals surface area (Å²) in [7, 11) is 2.04. The summed E-state index contributed by atoms with van der Waals surface area (Å²) in [6, 6.07) is 2.38. The number of anilines is 1. The summed E-state index contributed by atoms with van der Waals surface area (Å²) in [5.74, 6) is 0.101. The lowest BCUT2D eigenvalue weighted by molar-refractivity contribution is 0.0855. The predicted octanol–water partition coefficient (Wildman–Crippen LogP) is 1.41. The summed E-state index contributed by atoms with van der Waals surface area (Å²) >= 11 is 0. The molecule has 1 saturated heterocycles. The number of amidine groups is 1. The molecule has 0 atom stereocenters. The highest BCUT2D eigenvalue weighted by Crippen LogP contribution is 2.27. The fourth-order valence-corrected chi connectivity index (χ4v) is 2.72. The third kappa shape index (κ3) is 2.85. The molecular weight excluding hydrogens is 256 g/mol. The number of rotatable bonds is 3. The molecule has 0 aromatic carbocycles. The minimum Gasteiger partial charge on any atom is -0.409 e. The lowest BCUT2D eigenvalue weighted by Gasteiger charge is -2.34. The maximum absolute atomic E-state index is 9.00. The van der Waals surface area contributed by atoms with E-state index >= 15 is 0 Å². The number of pyridine rings is 1. The Bertz CT molecular complexity index is 510. The Kier molecular flexibility index (Phi) is 4.44. The monoisotopic (exact) mass is 278 g/mol. The first-order valence-electron chi connectivity index (χ1n) is 6.81. The first kappa shape index (κ1) is 14.6. The van der Waals surface area contributed by atoms with Gasteiger partial charge in [0.1, 0.15) is 0 Å². The van der Waals surface area contributed by atoms with Crippen molar-refractivity contribution in [1.29, 1.82) is 0 Å². The largest absolute Gasteiger partial charge is 0.409 e. The summed E-state index contributed by atoms with van der Waals surface area (Å²) in [6.07, 6.45) is 1.96. The third-order valence-corrected chi connectivity index (χ3v) is 3.79. The Morgan fingerprint density at radius 2 is 2.10 bits per heavy atom. The average molecular weight is 278 g/mol. The van der Waals surface area contributed by atoms with E-state index < -0.39 is 0 Å². The summed E-state index contributed by atoms with van der Waals surface area (Å²) in [6.45, 7) is 5.37. The maximum Gasteiger partial charge on any atom is 0.174 e. The van der Waals surface area contributed by atoms with Crippen molar-refractivity contribution in [2.75, 3.05) is 25.2 Å². The van der Waals surface area contributed by atoms with Gasteiger partial charge >= 0.3 is 0 Å². The van der Waals surface area contributed by atoms with Crippen molar-refractivity contribution in [3.63, 3.8) is 0 Å². The minimum atomic E-state index is 0.101. The van der Waals surface area contributed by atoms with Crippen LogP contribution in [0.2, 0.25) is 0 Å². The lowest BCUT2D eigenvalue weighted by Crippen LogP contribution is -2.38. The molecule has 3 N–H and O–H groups in total. The van der Waals surface area contributed by atoms with Crippen LogP contribution in [0.1, 0.15) is 29.8 Å². The van der Waals surface area contributed by atoms with Gasteiger partial charge in [-0.3, -0.25) is 4.98 Å². The fraction of sp³-hybridized carbons (Fsp3) is 0.571. The third-order valence-electron chi connectivity index (χ3n) is 3.79. The van der Waals surface area contributed by atoms with E-state index in [9.17, 15) is 0 Å². The second-order valence-electron chi connectivity index (χ2n) is 5.18. The van der Waals surface area contributed by atoms with E-state index in [0.717, 1.165) is 43.1 Å². The number of ether oxygens (including phenoxy) is 1. The zero-order valence-corrected chi connectivity index (χ0v) is 12.3. The summed E-state index contributed by atoms with van der Waals surface area (Å²) < 4.78 is 5.40. The maximum atomic E-state index is 9.00. The van der Waals surface area contributed by atoms with Crippen molar-refractivity contribution in [3.05, 3.63) is 23.0 Å². The second-order valence-corrected chi connectivity index (χ2v) is 5.18. The highest BCUT2D eigenvalue weighted by Gasteiger charge is 2.23. The van der Waals surface area contributed by atoms with Gasteiger partial charge in [-0.2, -0.15) is 0 Å². The lowest BCUT2D eigenvalue weighted by atomic mass is 10.0. The number of oxime groups is 1. The second kappa shape index (κ2) is 6.09. The van der Waals surface area contributed by atoms with Crippen LogP contribution in [0.15, 0.2) is 11.2 Å². The van der Waals surface area contributed by atoms with Crippen LogP contribution in [-0.2, 0) is 4.74 Å². The van der Waals surface area contributed by atoms with Gasteiger partial charge in [0.15, 0.2) is 5.84 Å². The van der Waals surface area contributed by atoms with Gasteiger partial charge < -0.3 is 20.6 Å².